The first kappa shape index (κ1) is 19.3. The molecule has 0 bridgehead atoms. The van der Waals surface area contributed by atoms with Gasteiger partial charge in [0, 0.05) is 42.7 Å². The monoisotopic (exact) mass is 441 g/mol. The van der Waals surface area contributed by atoms with Gasteiger partial charge in [-0.05, 0) is 37.3 Å². The van der Waals surface area contributed by atoms with Crippen molar-refractivity contribution in [2.75, 3.05) is 31.1 Å². The molecule has 0 amide bonds. The molecule has 2 aromatic heterocycles. The number of anilines is 1. The van der Waals surface area contributed by atoms with Gasteiger partial charge in [0.05, 0.1) is 16.1 Å². The standard InChI is InChI=1S/C21H20ClN5O2S/c1-15-13-20-23-21(18-7-2-3-8-19(18)27(20)24-15)25-9-11-26(12-10-25)30(28,29)17-6-4-5-16(22)14-17/h2-8,13-14H,9-12H2,1H3. The van der Waals surface area contributed by atoms with Crippen molar-refractivity contribution >= 4 is 44.0 Å². The number of aryl methyl sites for hydroxylation is 1. The molecule has 3 heterocycles. The van der Waals surface area contributed by atoms with Gasteiger partial charge in [0.25, 0.3) is 0 Å². The van der Waals surface area contributed by atoms with E-state index in [2.05, 4.69) is 10.00 Å². The molecule has 30 heavy (non-hydrogen) atoms. The molecule has 7 nitrogen and oxygen atoms in total. The molecule has 0 N–H and O–H groups in total. The van der Waals surface area contributed by atoms with Gasteiger partial charge >= 0.3 is 0 Å². The van der Waals surface area contributed by atoms with Crippen LogP contribution in [0, 0.1) is 6.92 Å². The summed E-state index contributed by atoms with van der Waals surface area (Å²) in [6, 6.07) is 16.4. The first-order valence-corrected chi connectivity index (χ1v) is 11.5. The highest BCUT2D eigenvalue weighted by Gasteiger charge is 2.30. The SMILES string of the molecule is Cc1cc2nc(N3CCN(S(=O)(=O)c4cccc(Cl)c4)CC3)c3ccccc3n2n1. The summed E-state index contributed by atoms with van der Waals surface area (Å²) in [5.41, 5.74) is 2.68. The summed E-state index contributed by atoms with van der Waals surface area (Å²) >= 11 is 5.99. The normalized spacial score (nSPS) is 15.9. The Kier molecular flexibility index (Phi) is 4.65. The van der Waals surface area contributed by atoms with E-state index >= 15 is 0 Å². The van der Waals surface area contributed by atoms with E-state index in [9.17, 15) is 8.42 Å². The molecule has 0 saturated carbocycles. The zero-order chi connectivity index (χ0) is 20.9. The summed E-state index contributed by atoms with van der Waals surface area (Å²) in [5, 5.41) is 5.96. The number of hydrogen-bond acceptors (Lipinski definition) is 5. The third kappa shape index (κ3) is 3.21. The summed E-state index contributed by atoms with van der Waals surface area (Å²) in [6.07, 6.45) is 0. The number of fused-ring (bicyclic) bond motifs is 3. The van der Waals surface area contributed by atoms with Crippen molar-refractivity contribution in [2.45, 2.75) is 11.8 Å². The van der Waals surface area contributed by atoms with Crippen molar-refractivity contribution in [1.82, 2.24) is 18.9 Å². The Morgan fingerprint density at radius 2 is 1.73 bits per heavy atom. The fraction of sp³-hybridized carbons (Fsp3) is 0.238. The van der Waals surface area contributed by atoms with Gasteiger partial charge in [-0.2, -0.15) is 9.40 Å². The van der Waals surface area contributed by atoms with Gasteiger partial charge in [-0.1, -0.05) is 29.8 Å². The van der Waals surface area contributed by atoms with Gasteiger partial charge in [-0.15, -0.1) is 0 Å². The predicted octanol–water partition coefficient (Wildman–Crippen LogP) is 3.36. The van der Waals surface area contributed by atoms with Crippen LogP contribution >= 0.6 is 11.6 Å². The number of benzene rings is 2. The third-order valence-corrected chi connectivity index (χ3v) is 7.51. The van der Waals surface area contributed by atoms with Crippen LogP contribution in [0.15, 0.2) is 59.5 Å². The van der Waals surface area contributed by atoms with Crippen LogP contribution in [0.25, 0.3) is 16.6 Å². The minimum Gasteiger partial charge on any atom is -0.353 e. The van der Waals surface area contributed by atoms with Gasteiger partial charge in [0.2, 0.25) is 10.0 Å². The van der Waals surface area contributed by atoms with Gasteiger partial charge < -0.3 is 4.90 Å². The van der Waals surface area contributed by atoms with Crippen LogP contribution in [0.3, 0.4) is 0 Å². The van der Waals surface area contributed by atoms with Gasteiger partial charge in [0.15, 0.2) is 5.65 Å². The van der Waals surface area contributed by atoms with Gasteiger partial charge in [0.1, 0.15) is 5.82 Å². The second-order valence-corrected chi connectivity index (χ2v) is 9.73. The molecule has 2 aromatic carbocycles. The molecule has 5 rings (SSSR count). The molecule has 0 spiro atoms. The van der Waals surface area contributed by atoms with Gasteiger partial charge in [-0.25, -0.2) is 17.9 Å². The van der Waals surface area contributed by atoms with E-state index in [4.69, 9.17) is 16.6 Å². The molecule has 154 valence electrons. The Morgan fingerprint density at radius 3 is 2.50 bits per heavy atom. The van der Waals surface area contributed by atoms with E-state index in [0.29, 0.717) is 31.2 Å². The number of piperazine rings is 1. The largest absolute Gasteiger partial charge is 0.353 e. The molecular weight excluding hydrogens is 422 g/mol. The first-order valence-electron chi connectivity index (χ1n) is 9.69. The van der Waals surface area contributed by atoms with Crippen molar-refractivity contribution < 1.29 is 8.42 Å². The fourth-order valence-corrected chi connectivity index (χ4v) is 5.64. The maximum absolute atomic E-state index is 13.0. The summed E-state index contributed by atoms with van der Waals surface area (Å²) in [4.78, 5) is 7.22. The lowest BCUT2D eigenvalue weighted by Crippen LogP contribution is -2.49. The molecule has 0 unspecified atom stereocenters. The number of hydrogen-bond donors (Lipinski definition) is 0. The lowest BCUT2D eigenvalue weighted by molar-refractivity contribution is 0.384. The Hall–Kier alpha value is -2.68. The molecular formula is C21H20ClN5O2S. The fourth-order valence-electron chi connectivity index (χ4n) is 3.92. The maximum Gasteiger partial charge on any atom is 0.243 e. The quantitative estimate of drug-likeness (QED) is 0.487. The smallest absolute Gasteiger partial charge is 0.243 e. The lowest BCUT2D eigenvalue weighted by Gasteiger charge is -2.35. The molecule has 0 aliphatic carbocycles. The molecule has 9 heteroatoms. The highest BCUT2D eigenvalue weighted by Crippen LogP contribution is 2.28. The zero-order valence-electron chi connectivity index (χ0n) is 16.4. The lowest BCUT2D eigenvalue weighted by atomic mass is 10.2. The number of sulfonamides is 1. The Labute approximate surface area is 179 Å². The number of rotatable bonds is 3. The van der Waals surface area contributed by atoms with Gasteiger partial charge in [-0.3, -0.25) is 0 Å². The van der Waals surface area contributed by atoms with Crippen LogP contribution in [-0.4, -0.2) is 53.5 Å². The molecule has 1 aliphatic rings. The van der Waals surface area contributed by atoms with Crippen LogP contribution in [0.5, 0.6) is 0 Å². The Balaban J connectivity index is 1.46. The summed E-state index contributed by atoms with van der Waals surface area (Å²) < 4.78 is 29.4. The highest BCUT2D eigenvalue weighted by molar-refractivity contribution is 7.89. The first-order chi connectivity index (χ1) is 14.4. The molecule has 0 radical (unpaired) electrons. The van der Waals surface area contributed by atoms with E-state index in [0.717, 1.165) is 28.1 Å². The molecule has 0 atom stereocenters. The predicted molar refractivity (Wildman–Crippen MR) is 118 cm³/mol. The highest BCUT2D eigenvalue weighted by atomic mass is 35.5. The molecule has 1 fully saturated rings. The minimum absolute atomic E-state index is 0.225. The van der Waals surface area contributed by atoms with E-state index in [-0.39, 0.29) is 4.90 Å². The van der Waals surface area contributed by atoms with Crippen molar-refractivity contribution in [3.05, 3.63) is 65.3 Å². The number of nitrogens with zero attached hydrogens (tertiary/aromatic N) is 5. The second kappa shape index (κ2) is 7.23. The van der Waals surface area contributed by atoms with E-state index < -0.39 is 10.0 Å². The van der Waals surface area contributed by atoms with Crippen molar-refractivity contribution in [3.63, 3.8) is 0 Å². The van der Waals surface area contributed by atoms with Crippen LogP contribution in [0.2, 0.25) is 5.02 Å². The summed E-state index contributed by atoms with van der Waals surface area (Å²) in [7, 11) is -3.58. The topological polar surface area (TPSA) is 70.8 Å². The maximum atomic E-state index is 13.0. The van der Waals surface area contributed by atoms with E-state index in [1.54, 1.807) is 18.2 Å². The Bertz CT molecular complexity index is 1360. The average Bonchev–Trinajstić information content (AvgIpc) is 3.14. The van der Waals surface area contributed by atoms with Crippen molar-refractivity contribution in [2.24, 2.45) is 0 Å². The van der Waals surface area contributed by atoms with Crippen molar-refractivity contribution in [1.29, 1.82) is 0 Å². The molecule has 4 aromatic rings. The average molecular weight is 442 g/mol. The van der Waals surface area contributed by atoms with Crippen molar-refractivity contribution in [3.8, 4) is 0 Å². The van der Waals surface area contributed by atoms with Crippen LogP contribution < -0.4 is 4.90 Å². The van der Waals surface area contributed by atoms with Crippen LogP contribution in [-0.2, 0) is 10.0 Å². The summed E-state index contributed by atoms with van der Waals surface area (Å²) in [5.74, 6) is 0.859. The zero-order valence-corrected chi connectivity index (χ0v) is 17.9. The second-order valence-electron chi connectivity index (χ2n) is 7.36. The number of aromatic nitrogens is 3. The van der Waals surface area contributed by atoms with Crippen LogP contribution in [0.4, 0.5) is 5.82 Å². The van der Waals surface area contributed by atoms with Crippen LogP contribution in [0.1, 0.15) is 5.69 Å². The van der Waals surface area contributed by atoms with E-state index in [1.165, 1.54) is 10.4 Å². The third-order valence-electron chi connectivity index (χ3n) is 5.38. The summed E-state index contributed by atoms with van der Waals surface area (Å²) in [6.45, 7) is 3.82. The number of para-hydroxylation sites is 1. The van der Waals surface area contributed by atoms with E-state index in [1.807, 2.05) is 41.8 Å². The number of halogens is 1. The minimum atomic E-state index is -3.58. The molecule has 1 saturated heterocycles. The Morgan fingerprint density at radius 1 is 0.967 bits per heavy atom. The molecule has 1 aliphatic heterocycles.